The van der Waals surface area contributed by atoms with E-state index in [9.17, 15) is 5.11 Å². The fraction of sp³-hybridized carbons (Fsp3) is 0.286. The van der Waals surface area contributed by atoms with Crippen molar-refractivity contribution in [2.75, 3.05) is 0 Å². The SMILES string of the molecule is Cc1cc(C(O)c2cc(C)c(Br)s2)c(C)cc1Cl. The summed E-state index contributed by atoms with van der Waals surface area (Å²) in [5.74, 6) is 0. The number of benzene rings is 1. The summed E-state index contributed by atoms with van der Waals surface area (Å²) in [6, 6.07) is 5.89. The lowest BCUT2D eigenvalue weighted by atomic mass is 9.99. The Hall–Kier alpha value is -0.350. The quantitative estimate of drug-likeness (QED) is 0.796. The summed E-state index contributed by atoms with van der Waals surface area (Å²) in [5.41, 5.74) is 4.08. The predicted octanol–water partition coefficient (Wildman–Crippen LogP) is 5.17. The summed E-state index contributed by atoms with van der Waals surface area (Å²) in [4.78, 5) is 0.948. The van der Waals surface area contributed by atoms with Crippen molar-refractivity contribution in [1.82, 2.24) is 0 Å². The Morgan fingerprint density at radius 1 is 1.11 bits per heavy atom. The first-order valence-electron chi connectivity index (χ1n) is 5.60. The van der Waals surface area contributed by atoms with Gasteiger partial charge in [0.2, 0.25) is 0 Å². The van der Waals surface area contributed by atoms with Gasteiger partial charge in [0.25, 0.3) is 0 Å². The molecule has 0 aliphatic heterocycles. The Balaban J connectivity index is 2.45. The average molecular weight is 346 g/mol. The number of aryl methyl sites for hydroxylation is 3. The third-order valence-electron chi connectivity index (χ3n) is 2.99. The van der Waals surface area contributed by atoms with Crippen LogP contribution in [0.1, 0.15) is 33.2 Å². The van der Waals surface area contributed by atoms with Crippen molar-refractivity contribution >= 4 is 38.9 Å². The molecule has 1 aromatic heterocycles. The van der Waals surface area contributed by atoms with E-state index in [4.69, 9.17) is 11.6 Å². The van der Waals surface area contributed by atoms with Crippen LogP contribution >= 0.6 is 38.9 Å². The number of hydrogen-bond acceptors (Lipinski definition) is 2. The Labute approximate surface area is 125 Å². The van der Waals surface area contributed by atoms with Gasteiger partial charge in [-0.2, -0.15) is 0 Å². The average Bonchev–Trinajstić information content (AvgIpc) is 2.63. The number of aliphatic hydroxyl groups is 1. The summed E-state index contributed by atoms with van der Waals surface area (Å²) in [5, 5.41) is 11.2. The van der Waals surface area contributed by atoms with E-state index in [0.29, 0.717) is 0 Å². The lowest BCUT2D eigenvalue weighted by molar-refractivity contribution is 0.223. The summed E-state index contributed by atoms with van der Waals surface area (Å²) in [6.07, 6.45) is -0.587. The molecule has 0 fully saturated rings. The normalized spacial score (nSPS) is 12.8. The molecule has 18 heavy (non-hydrogen) atoms. The van der Waals surface area contributed by atoms with Gasteiger partial charge in [-0.05, 0) is 71.1 Å². The maximum Gasteiger partial charge on any atom is 0.113 e. The molecule has 1 unspecified atom stereocenters. The van der Waals surface area contributed by atoms with Gasteiger partial charge in [-0.1, -0.05) is 17.7 Å². The highest BCUT2D eigenvalue weighted by molar-refractivity contribution is 9.11. The molecule has 1 aromatic carbocycles. The first kappa shape index (κ1) is 14.1. The number of rotatable bonds is 2. The molecular weight excluding hydrogens is 332 g/mol. The van der Waals surface area contributed by atoms with Gasteiger partial charge in [0, 0.05) is 9.90 Å². The molecule has 0 bridgehead atoms. The van der Waals surface area contributed by atoms with Crippen LogP contribution in [0.5, 0.6) is 0 Å². The zero-order valence-electron chi connectivity index (χ0n) is 10.4. The zero-order valence-corrected chi connectivity index (χ0v) is 13.6. The molecule has 1 nitrogen and oxygen atoms in total. The molecule has 0 amide bonds. The third-order valence-corrected chi connectivity index (χ3v) is 5.58. The fourth-order valence-electron chi connectivity index (χ4n) is 1.87. The molecule has 0 radical (unpaired) electrons. The first-order valence-corrected chi connectivity index (χ1v) is 7.59. The lowest BCUT2D eigenvalue weighted by Gasteiger charge is -2.14. The Morgan fingerprint density at radius 2 is 1.78 bits per heavy atom. The Bertz CT molecular complexity index is 572. The van der Waals surface area contributed by atoms with Crippen molar-refractivity contribution in [3.05, 3.63) is 54.1 Å². The van der Waals surface area contributed by atoms with Crippen molar-refractivity contribution in [2.45, 2.75) is 26.9 Å². The van der Waals surface area contributed by atoms with Crippen LogP contribution in [-0.4, -0.2) is 5.11 Å². The molecule has 0 aliphatic carbocycles. The minimum absolute atomic E-state index is 0.587. The van der Waals surface area contributed by atoms with Crippen LogP contribution in [0.4, 0.5) is 0 Å². The minimum atomic E-state index is -0.587. The highest BCUT2D eigenvalue weighted by Crippen LogP contribution is 2.36. The van der Waals surface area contributed by atoms with Gasteiger partial charge in [-0.15, -0.1) is 11.3 Å². The topological polar surface area (TPSA) is 20.2 Å². The zero-order chi connectivity index (χ0) is 13.4. The second kappa shape index (κ2) is 5.33. The van der Waals surface area contributed by atoms with E-state index >= 15 is 0 Å². The fourth-order valence-corrected chi connectivity index (χ4v) is 3.66. The van der Waals surface area contributed by atoms with E-state index in [1.165, 1.54) is 0 Å². The van der Waals surface area contributed by atoms with Crippen LogP contribution in [0, 0.1) is 20.8 Å². The smallest absolute Gasteiger partial charge is 0.113 e. The van der Waals surface area contributed by atoms with Gasteiger partial charge >= 0.3 is 0 Å². The molecular formula is C14H14BrClOS. The molecule has 1 atom stereocenters. The maximum atomic E-state index is 10.5. The standard InChI is InChI=1S/C14H14BrClOS/c1-7-5-11(16)8(2)4-10(7)13(17)12-6-9(3)14(15)18-12/h4-6,13,17H,1-3H3. The van der Waals surface area contributed by atoms with E-state index < -0.39 is 6.10 Å². The number of hydrogen-bond donors (Lipinski definition) is 1. The van der Waals surface area contributed by atoms with Crippen molar-refractivity contribution in [2.24, 2.45) is 0 Å². The summed E-state index contributed by atoms with van der Waals surface area (Å²) >= 11 is 11.1. The molecule has 0 spiro atoms. The molecule has 2 aromatic rings. The Morgan fingerprint density at radius 3 is 2.33 bits per heavy atom. The van der Waals surface area contributed by atoms with Crippen molar-refractivity contribution < 1.29 is 5.11 Å². The van der Waals surface area contributed by atoms with Crippen LogP contribution in [0.15, 0.2) is 22.0 Å². The molecule has 0 aliphatic rings. The monoisotopic (exact) mass is 344 g/mol. The van der Waals surface area contributed by atoms with Crippen molar-refractivity contribution in [3.63, 3.8) is 0 Å². The number of halogens is 2. The first-order chi connectivity index (χ1) is 8.40. The molecule has 1 N–H and O–H groups in total. The van der Waals surface area contributed by atoms with Crippen LogP contribution in [-0.2, 0) is 0 Å². The van der Waals surface area contributed by atoms with E-state index in [2.05, 4.69) is 15.9 Å². The van der Waals surface area contributed by atoms with Crippen LogP contribution in [0.3, 0.4) is 0 Å². The number of thiophene rings is 1. The van der Waals surface area contributed by atoms with E-state index in [1.807, 2.05) is 39.0 Å². The predicted molar refractivity (Wildman–Crippen MR) is 81.7 cm³/mol. The van der Waals surface area contributed by atoms with Gasteiger partial charge in [-0.25, -0.2) is 0 Å². The number of aliphatic hydroxyl groups excluding tert-OH is 1. The van der Waals surface area contributed by atoms with E-state index in [-0.39, 0.29) is 0 Å². The second-order valence-electron chi connectivity index (χ2n) is 4.47. The second-order valence-corrected chi connectivity index (χ2v) is 7.27. The van der Waals surface area contributed by atoms with Gasteiger partial charge in [0.1, 0.15) is 6.10 Å². The summed E-state index contributed by atoms with van der Waals surface area (Å²) < 4.78 is 1.07. The largest absolute Gasteiger partial charge is 0.383 e. The lowest BCUT2D eigenvalue weighted by Crippen LogP contribution is -2.01. The van der Waals surface area contributed by atoms with Crippen LogP contribution in [0.2, 0.25) is 5.02 Å². The summed E-state index contributed by atoms with van der Waals surface area (Å²) in [7, 11) is 0. The maximum absolute atomic E-state index is 10.5. The van der Waals surface area contributed by atoms with Gasteiger partial charge < -0.3 is 5.11 Å². The highest BCUT2D eigenvalue weighted by Gasteiger charge is 2.17. The van der Waals surface area contributed by atoms with Crippen molar-refractivity contribution in [1.29, 1.82) is 0 Å². The van der Waals surface area contributed by atoms with E-state index in [1.54, 1.807) is 11.3 Å². The molecule has 0 saturated heterocycles. The molecule has 96 valence electrons. The van der Waals surface area contributed by atoms with Crippen LogP contribution < -0.4 is 0 Å². The van der Waals surface area contributed by atoms with Gasteiger partial charge in [0.05, 0.1) is 3.79 Å². The summed E-state index contributed by atoms with van der Waals surface area (Å²) in [6.45, 7) is 5.95. The van der Waals surface area contributed by atoms with Crippen molar-refractivity contribution in [3.8, 4) is 0 Å². The third kappa shape index (κ3) is 2.64. The minimum Gasteiger partial charge on any atom is -0.383 e. The molecule has 1 heterocycles. The Kier molecular flexibility index (Phi) is 4.17. The molecule has 0 saturated carbocycles. The van der Waals surface area contributed by atoms with Crippen LogP contribution in [0.25, 0.3) is 0 Å². The van der Waals surface area contributed by atoms with E-state index in [0.717, 1.165) is 35.9 Å². The van der Waals surface area contributed by atoms with Gasteiger partial charge in [0.15, 0.2) is 0 Å². The highest BCUT2D eigenvalue weighted by atomic mass is 79.9. The van der Waals surface area contributed by atoms with Gasteiger partial charge in [-0.3, -0.25) is 0 Å². The molecule has 2 rings (SSSR count). The molecule has 4 heteroatoms.